The number of fused-ring (bicyclic) bond motifs is 1. The van der Waals surface area contributed by atoms with Crippen molar-refractivity contribution < 1.29 is 9.47 Å². The van der Waals surface area contributed by atoms with Crippen molar-refractivity contribution in [3.63, 3.8) is 0 Å². The number of hydrogen-bond acceptors (Lipinski definition) is 7. The Morgan fingerprint density at radius 2 is 1.94 bits per heavy atom. The Morgan fingerprint density at radius 1 is 1.12 bits per heavy atom. The summed E-state index contributed by atoms with van der Waals surface area (Å²) in [6.07, 6.45) is 6.84. The molecule has 1 unspecified atom stereocenters. The molecule has 0 bridgehead atoms. The quantitative estimate of drug-likeness (QED) is 0.500. The second-order valence-electron chi connectivity index (χ2n) is 8.67. The third-order valence-corrected chi connectivity index (χ3v) is 7.70. The number of anilines is 1. The fraction of sp³-hybridized carbons (Fsp3) is 0.520. The molecule has 7 heteroatoms. The van der Waals surface area contributed by atoms with Crippen LogP contribution in [0.1, 0.15) is 32.6 Å². The fourth-order valence-corrected chi connectivity index (χ4v) is 6.12. The number of likely N-dealkylation sites (tertiary alicyclic amines) is 1. The topological polar surface area (TPSA) is 50.7 Å². The summed E-state index contributed by atoms with van der Waals surface area (Å²) in [5.74, 6) is 2.51. The summed E-state index contributed by atoms with van der Waals surface area (Å²) in [6.45, 7) is 7.26. The Hall–Kier alpha value is -2.22. The van der Waals surface area contributed by atoms with Crippen LogP contribution >= 0.6 is 11.3 Å². The summed E-state index contributed by atoms with van der Waals surface area (Å²) in [4.78, 5) is 15.4. The summed E-state index contributed by atoms with van der Waals surface area (Å²) in [5.41, 5.74) is 2.33. The van der Waals surface area contributed by atoms with E-state index in [1.54, 1.807) is 24.8 Å². The van der Waals surface area contributed by atoms with Gasteiger partial charge >= 0.3 is 0 Å². The monoisotopic (exact) mass is 452 g/mol. The molecule has 0 N–H and O–H groups in total. The normalized spacial score (nSPS) is 19.0. The minimum Gasteiger partial charge on any atom is -0.497 e. The molecule has 2 aliphatic heterocycles. The van der Waals surface area contributed by atoms with Gasteiger partial charge in [-0.1, -0.05) is 12.1 Å². The van der Waals surface area contributed by atoms with E-state index in [9.17, 15) is 0 Å². The van der Waals surface area contributed by atoms with Gasteiger partial charge in [0.05, 0.1) is 12.5 Å². The van der Waals surface area contributed by atoms with Crippen LogP contribution in [0.2, 0.25) is 0 Å². The number of benzene rings is 1. The van der Waals surface area contributed by atoms with Gasteiger partial charge in [-0.05, 0) is 50.3 Å². The third-order valence-electron chi connectivity index (χ3n) is 6.81. The predicted octanol–water partition coefficient (Wildman–Crippen LogP) is 5.04. The molecule has 0 amide bonds. The fourth-order valence-electron chi connectivity index (χ4n) is 5.21. The second-order valence-corrected chi connectivity index (χ2v) is 9.53. The van der Waals surface area contributed by atoms with Gasteiger partial charge in [-0.25, -0.2) is 9.97 Å². The van der Waals surface area contributed by atoms with E-state index in [1.165, 1.54) is 31.5 Å². The van der Waals surface area contributed by atoms with E-state index >= 15 is 0 Å². The van der Waals surface area contributed by atoms with Crippen LogP contribution < -0.4 is 9.64 Å². The molecule has 5 rings (SSSR count). The first-order valence-electron chi connectivity index (χ1n) is 11.8. The van der Waals surface area contributed by atoms with E-state index in [-0.39, 0.29) is 6.23 Å². The number of thiophene rings is 1. The van der Waals surface area contributed by atoms with Gasteiger partial charge in [0.2, 0.25) is 0 Å². The van der Waals surface area contributed by atoms with Crippen molar-refractivity contribution in [1.29, 1.82) is 0 Å². The van der Waals surface area contributed by atoms with Crippen LogP contribution in [0.25, 0.3) is 21.3 Å². The molecule has 1 atom stereocenters. The molecule has 4 heterocycles. The molecule has 2 fully saturated rings. The van der Waals surface area contributed by atoms with Crippen LogP contribution in [0.5, 0.6) is 5.75 Å². The lowest BCUT2D eigenvalue weighted by Crippen LogP contribution is -2.46. The lowest BCUT2D eigenvalue weighted by molar-refractivity contribution is -0.0858. The number of aromatic nitrogens is 2. The molecule has 0 spiro atoms. The Kier molecular flexibility index (Phi) is 6.57. The molecule has 2 aliphatic rings. The Morgan fingerprint density at radius 3 is 2.69 bits per heavy atom. The molecule has 0 radical (unpaired) electrons. The zero-order valence-corrected chi connectivity index (χ0v) is 19.8. The lowest BCUT2D eigenvalue weighted by atomic mass is 9.93. The summed E-state index contributed by atoms with van der Waals surface area (Å²) in [7, 11) is 1.71. The molecule has 3 aromatic rings. The Balaban J connectivity index is 1.39. The molecule has 6 nitrogen and oxygen atoms in total. The van der Waals surface area contributed by atoms with Gasteiger partial charge in [-0.15, -0.1) is 11.3 Å². The summed E-state index contributed by atoms with van der Waals surface area (Å²) >= 11 is 1.68. The van der Waals surface area contributed by atoms with E-state index in [4.69, 9.17) is 14.5 Å². The molecule has 2 aromatic heterocycles. The van der Waals surface area contributed by atoms with Gasteiger partial charge in [0.1, 0.15) is 29.0 Å². The first-order chi connectivity index (χ1) is 15.8. The highest BCUT2D eigenvalue weighted by molar-refractivity contribution is 7.17. The standard InChI is InChI=1S/C25H32N4O2S/c1-3-31-25(29-11-4-5-12-29)18-9-13-28(14-10-18)23-22-21(16-32-24(22)27-17-26-23)19-7-6-8-20(15-19)30-2/h6-8,15-18,25H,3-5,9-14H2,1-2H3. The predicted molar refractivity (Wildman–Crippen MR) is 131 cm³/mol. The van der Waals surface area contributed by atoms with Crippen molar-refractivity contribution in [2.24, 2.45) is 5.92 Å². The van der Waals surface area contributed by atoms with Crippen LogP contribution in [0.3, 0.4) is 0 Å². The van der Waals surface area contributed by atoms with Gasteiger partial charge in [0, 0.05) is 49.6 Å². The van der Waals surface area contributed by atoms with Gasteiger partial charge in [-0.2, -0.15) is 0 Å². The van der Waals surface area contributed by atoms with E-state index in [0.29, 0.717) is 5.92 Å². The highest BCUT2D eigenvalue weighted by Gasteiger charge is 2.33. The zero-order valence-electron chi connectivity index (χ0n) is 19.0. The van der Waals surface area contributed by atoms with Crippen molar-refractivity contribution in [1.82, 2.24) is 14.9 Å². The van der Waals surface area contributed by atoms with Gasteiger partial charge in [0.25, 0.3) is 0 Å². The van der Waals surface area contributed by atoms with Gasteiger partial charge in [0.15, 0.2) is 0 Å². The molecule has 0 saturated carbocycles. The molecule has 2 saturated heterocycles. The number of methoxy groups -OCH3 is 1. The van der Waals surface area contributed by atoms with Gasteiger partial charge < -0.3 is 14.4 Å². The number of piperidine rings is 1. The number of nitrogens with zero attached hydrogens (tertiary/aromatic N) is 4. The second kappa shape index (κ2) is 9.73. The maximum atomic E-state index is 6.23. The smallest absolute Gasteiger partial charge is 0.141 e. The molecule has 170 valence electrons. The molecular weight excluding hydrogens is 420 g/mol. The molecule has 1 aromatic carbocycles. The maximum absolute atomic E-state index is 6.23. The summed E-state index contributed by atoms with van der Waals surface area (Å²) in [6, 6.07) is 8.25. The van der Waals surface area contributed by atoms with E-state index in [2.05, 4.69) is 39.2 Å². The van der Waals surface area contributed by atoms with Crippen LogP contribution in [-0.4, -0.2) is 61.0 Å². The molecule has 0 aliphatic carbocycles. The van der Waals surface area contributed by atoms with Crippen molar-refractivity contribution >= 4 is 27.4 Å². The number of rotatable bonds is 7. The van der Waals surface area contributed by atoms with Crippen LogP contribution in [0, 0.1) is 5.92 Å². The van der Waals surface area contributed by atoms with E-state index in [0.717, 1.165) is 59.9 Å². The zero-order chi connectivity index (χ0) is 21.9. The van der Waals surface area contributed by atoms with Crippen LogP contribution in [0.4, 0.5) is 5.82 Å². The van der Waals surface area contributed by atoms with Crippen molar-refractivity contribution in [3.8, 4) is 16.9 Å². The van der Waals surface area contributed by atoms with Crippen LogP contribution in [0.15, 0.2) is 36.0 Å². The SMILES string of the molecule is CCOC(C1CCN(c2ncnc3scc(-c4cccc(OC)c4)c23)CC1)N1CCCC1. The van der Waals surface area contributed by atoms with Crippen LogP contribution in [-0.2, 0) is 4.74 Å². The Bertz CT molecular complexity index is 1040. The summed E-state index contributed by atoms with van der Waals surface area (Å²) in [5, 5.41) is 3.35. The average Bonchev–Trinajstić information content (AvgIpc) is 3.53. The highest BCUT2D eigenvalue weighted by atomic mass is 32.1. The number of hydrogen-bond donors (Lipinski definition) is 0. The van der Waals surface area contributed by atoms with E-state index in [1.807, 2.05) is 12.1 Å². The largest absolute Gasteiger partial charge is 0.497 e. The van der Waals surface area contributed by atoms with Gasteiger partial charge in [-0.3, -0.25) is 4.90 Å². The minimum absolute atomic E-state index is 0.267. The minimum atomic E-state index is 0.267. The molecule has 32 heavy (non-hydrogen) atoms. The van der Waals surface area contributed by atoms with Crippen molar-refractivity contribution in [2.75, 3.05) is 44.8 Å². The first kappa shape index (κ1) is 21.6. The van der Waals surface area contributed by atoms with Crippen molar-refractivity contribution in [2.45, 2.75) is 38.8 Å². The molecular formula is C25H32N4O2S. The lowest BCUT2D eigenvalue weighted by Gasteiger charge is -2.40. The third kappa shape index (κ3) is 4.21. The summed E-state index contributed by atoms with van der Waals surface area (Å²) < 4.78 is 11.7. The van der Waals surface area contributed by atoms with E-state index < -0.39 is 0 Å². The Labute approximate surface area is 194 Å². The maximum Gasteiger partial charge on any atom is 0.141 e. The average molecular weight is 453 g/mol. The highest BCUT2D eigenvalue weighted by Crippen LogP contribution is 2.40. The number of ether oxygens (including phenoxy) is 2. The van der Waals surface area contributed by atoms with Crippen molar-refractivity contribution in [3.05, 3.63) is 36.0 Å². The first-order valence-corrected chi connectivity index (χ1v) is 12.6.